The zero-order chi connectivity index (χ0) is 90.4. The summed E-state index contributed by atoms with van der Waals surface area (Å²) >= 11 is 0. The van der Waals surface area contributed by atoms with Gasteiger partial charge in [0.1, 0.15) is 17.2 Å². The van der Waals surface area contributed by atoms with Gasteiger partial charge < -0.3 is 53.1 Å². The number of aliphatic hydroxyl groups is 1. The van der Waals surface area contributed by atoms with E-state index >= 15 is 0 Å². The molecule has 4 aliphatic heterocycles. The van der Waals surface area contributed by atoms with Crippen molar-refractivity contribution in [3.05, 3.63) is 358 Å². The minimum atomic E-state index is -0.884. The Morgan fingerprint density at radius 3 is 1.25 bits per heavy atom. The lowest BCUT2D eigenvalue weighted by molar-refractivity contribution is 0.0695. The van der Waals surface area contributed by atoms with Crippen LogP contribution in [-0.4, -0.2) is 78.8 Å². The lowest BCUT2D eigenvalue weighted by Crippen LogP contribution is -2.23. The normalized spacial score (nSPS) is 12.0. The molecule has 0 radical (unpaired) electrons. The average molecular weight is 1740 g/mol. The number of pyridine rings is 4. The number of Topliss-reactive ketones (excluding diaryl/α,β-unsaturated/α-hetero) is 1. The van der Waals surface area contributed by atoms with Crippen molar-refractivity contribution in [2.45, 2.75) is 184 Å². The molecule has 19 heteroatoms. The number of ketones is 1. The number of carboxylic acids is 1. The molecule has 0 fully saturated rings. The van der Waals surface area contributed by atoms with Crippen LogP contribution in [0.1, 0.15) is 193 Å². The highest BCUT2D eigenvalue weighted by molar-refractivity contribution is 5.95. The largest absolute Gasteiger partial charge is 0.493 e. The Hall–Kier alpha value is -13.6. The Balaban J connectivity index is 0.000000139. The highest BCUT2D eigenvalue weighted by Gasteiger charge is 2.24. The van der Waals surface area contributed by atoms with Crippen LogP contribution in [0.5, 0.6) is 40.2 Å². The minimum absolute atomic E-state index is 0.0355. The van der Waals surface area contributed by atoms with Crippen LogP contribution in [0.3, 0.4) is 0 Å². The number of carboxylic acid groups (broad SMARTS) is 1. The highest BCUT2D eigenvalue weighted by atomic mass is 16.7. The van der Waals surface area contributed by atoms with Gasteiger partial charge in [-0.15, -0.1) is 0 Å². The first-order valence-electron chi connectivity index (χ1n) is 45.7. The number of aromatic carboxylic acids is 1. The number of hydrogen-bond donors (Lipinski definition) is 3. The number of hydrogen-bond acceptors (Lipinski definition) is 18. The van der Waals surface area contributed by atoms with Crippen LogP contribution < -0.4 is 38.5 Å². The first-order valence-corrected chi connectivity index (χ1v) is 45.7. The van der Waals surface area contributed by atoms with Gasteiger partial charge in [-0.25, -0.2) is 9.78 Å². The topological polar surface area (TPSA) is 232 Å². The minimum Gasteiger partial charge on any atom is -0.493 e. The standard InChI is InChI=1S/C33H34N2O3.C24H26N2O2.C16H17NO2.C16H19NO.C13H15NO.C9H8O3/c1-2-3-9-29-28(14-16-34-33(29)27-7-5-4-6-8-27)22-35(20-24-10-12-26-15-17-36-31(26)18-24)21-25-11-13-30-32(19-25)38-23-37-30;1-2-3-9-21-20(12-13-26-24(21)19-7-5-4-6-8-19)16-25-15-18-10-11-22-23(14-18)28-17-27-22;1-2-3-9-13-14(16(18)19)10-11-17-15(13)12-7-5-4-6-8-12;1-2-3-9-15-14(12-18)10-11-17-16(15)13-7-5-4-6-8-13;1-2-3-9-12-13(14-10-15-12)11-7-5-4-6-8-11;1-6(10)7-2-3-8-9(4-7)12-5-11-8/h4-8,10-14,16,18-19H,2-3,9,15,17,20-23H2,1H3;4-8,10-14,25H,2-3,9,15-17H2,1H3;4-8,10-11H,2-3,9H2,1H3,(H,18,19);4-8,10-11,18H,2-3,9,12H2,1H3;4-8,10H,2-3,9H2,1H3;2-4H,5H2,1H3. The molecule has 3 N–H and O–H groups in total. The second-order valence-electron chi connectivity index (χ2n) is 32.3. The molecule has 14 aromatic rings. The van der Waals surface area contributed by atoms with Gasteiger partial charge in [0.05, 0.1) is 41.6 Å². The number of benzene rings is 9. The zero-order valence-electron chi connectivity index (χ0n) is 75.6. The van der Waals surface area contributed by atoms with Crippen molar-refractivity contribution in [2.75, 3.05) is 27.0 Å². The summed E-state index contributed by atoms with van der Waals surface area (Å²) in [6.07, 6.45) is 25.8. The van der Waals surface area contributed by atoms with Crippen LogP contribution in [0.2, 0.25) is 0 Å². The van der Waals surface area contributed by atoms with Crippen molar-refractivity contribution in [1.29, 1.82) is 0 Å². The van der Waals surface area contributed by atoms with Gasteiger partial charge in [-0.05, 0) is 199 Å². The molecule has 0 saturated heterocycles. The molecule has 0 aliphatic carbocycles. The monoisotopic (exact) mass is 1740 g/mol. The smallest absolute Gasteiger partial charge is 0.336 e. The maximum atomic E-state index is 11.3. The van der Waals surface area contributed by atoms with Crippen molar-refractivity contribution in [3.63, 3.8) is 0 Å². The van der Waals surface area contributed by atoms with Crippen LogP contribution in [0.25, 0.3) is 56.3 Å². The molecule has 0 atom stereocenters. The van der Waals surface area contributed by atoms with Crippen molar-refractivity contribution in [3.8, 4) is 96.5 Å². The molecule has 670 valence electrons. The van der Waals surface area contributed by atoms with E-state index in [0.717, 1.165) is 214 Å². The fourth-order valence-corrected chi connectivity index (χ4v) is 16.0. The summed E-state index contributed by atoms with van der Waals surface area (Å²) < 4.78 is 43.6. The van der Waals surface area contributed by atoms with E-state index in [-0.39, 0.29) is 26.0 Å². The van der Waals surface area contributed by atoms with E-state index in [1.165, 1.54) is 93.8 Å². The number of rotatable bonds is 33. The molecule has 9 aromatic carbocycles. The fourth-order valence-electron chi connectivity index (χ4n) is 16.0. The molecule has 0 spiro atoms. The Bertz CT molecular complexity index is 5840. The summed E-state index contributed by atoms with van der Waals surface area (Å²) in [6, 6.07) is 83.3. The summed E-state index contributed by atoms with van der Waals surface area (Å²) in [5.41, 5.74) is 25.0. The number of fused-ring (bicyclic) bond motifs is 4. The molecule has 19 nitrogen and oxygen atoms in total. The molecule has 0 bridgehead atoms. The quantitative estimate of drug-likeness (QED) is 0.0325. The summed E-state index contributed by atoms with van der Waals surface area (Å²) in [4.78, 5) is 47.5. The van der Waals surface area contributed by atoms with Gasteiger partial charge in [0.25, 0.3) is 0 Å². The first kappa shape index (κ1) is 94.0. The zero-order valence-corrected chi connectivity index (χ0v) is 75.6. The number of aryl methyl sites for hydroxylation is 1. The van der Waals surface area contributed by atoms with E-state index in [4.69, 9.17) is 47.5 Å². The molecule has 4 aliphatic rings. The van der Waals surface area contributed by atoms with Gasteiger partial charge in [0, 0.05) is 104 Å². The molecule has 9 heterocycles. The number of nitrogens with one attached hydrogen (secondary N) is 1. The number of ether oxygens (including phenoxy) is 7. The van der Waals surface area contributed by atoms with Gasteiger partial charge >= 0.3 is 5.97 Å². The number of aromatic nitrogens is 5. The van der Waals surface area contributed by atoms with E-state index in [1.54, 1.807) is 36.7 Å². The lowest BCUT2D eigenvalue weighted by Gasteiger charge is -2.25. The number of unbranched alkanes of at least 4 members (excludes halogenated alkanes) is 5. The predicted molar refractivity (Wildman–Crippen MR) is 513 cm³/mol. The van der Waals surface area contributed by atoms with E-state index in [1.807, 2.05) is 103 Å². The molecule has 0 amide bonds. The molecule has 130 heavy (non-hydrogen) atoms. The summed E-state index contributed by atoms with van der Waals surface area (Å²) in [6.45, 7) is 18.2. The number of carbonyl (C=O) groups is 2. The lowest BCUT2D eigenvalue weighted by atomic mass is 9.96. The van der Waals surface area contributed by atoms with Gasteiger partial charge in [0.15, 0.2) is 46.7 Å². The maximum absolute atomic E-state index is 11.3. The van der Waals surface area contributed by atoms with E-state index < -0.39 is 5.97 Å². The third kappa shape index (κ3) is 26.3. The van der Waals surface area contributed by atoms with Crippen molar-refractivity contribution >= 4 is 11.8 Å². The second kappa shape index (κ2) is 49.7. The fraction of sp³-hybridized carbons (Fsp3) is 0.288. The summed E-state index contributed by atoms with van der Waals surface area (Å²) in [5, 5.41) is 22.4. The Kier molecular flexibility index (Phi) is 35.9. The van der Waals surface area contributed by atoms with E-state index in [2.05, 4.69) is 193 Å². The molecule has 0 saturated carbocycles. The first-order chi connectivity index (χ1) is 63.9. The predicted octanol–water partition coefficient (Wildman–Crippen LogP) is 24.7. The number of nitrogens with zero attached hydrogens (tertiary/aromatic N) is 6. The SMILES string of the molecule is CC(=O)c1ccc2c(c1)OCO2.CCCCc1c(C(=O)O)ccnc1-c1ccccc1.CCCCc1c(CN(Cc2ccc3c(c2)OCC3)Cc2ccc3c(c2)OCO3)ccnc1-c1ccccc1.CCCCc1c(CNCc2ccc3c(c2)OCO3)ccnc1-c1ccccc1.CCCCc1c(CO)ccnc1-c1ccccc1.CCCCc1ocnc1-c1ccccc1. The van der Waals surface area contributed by atoms with Gasteiger partial charge in [0.2, 0.25) is 20.4 Å². The second-order valence-corrected chi connectivity index (χ2v) is 32.3. The van der Waals surface area contributed by atoms with Gasteiger partial charge in [-0.1, -0.05) is 243 Å². The highest BCUT2D eigenvalue weighted by Crippen LogP contribution is 2.38. The third-order valence-electron chi connectivity index (χ3n) is 22.9. The van der Waals surface area contributed by atoms with E-state index in [9.17, 15) is 19.8 Å². The third-order valence-corrected chi connectivity index (χ3v) is 22.9. The Labute approximate surface area is 764 Å². The molecular weight excluding hydrogens is 1620 g/mol. The Morgan fingerprint density at radius 1 is 0.369 bits per heavy atom. The molecular formula is C111H119N7O12. The summed E-state index contributed by atoms with van der Waals surface area (Å²) in [7, 11) is 0. The maximum Gasteiger partial charge on any atom is 0.336 e. The van der Waals surface area contributed by atoms with Crippen LogP contribution in [0.15, 0.2) is 284 Å². The van der Waals surface area contributed by atoms with Crippen LogP contribution in [-0.2, 0) is 77.9 Å². The van der Waals surface area contributed by atoms with Crippen molar-refractivity contribution in [1.82, 2.24) is 35.1 Å². The van der Waals surface area contributed by atoms with E-state index in [0.29, 0.717) is 29.4 Å². The number of aliphatic hydroxyl groups excluding tert-OH is 1. The van der Waals surface area contributed by atoms with Gasteiger partial charge in [-0.3, -0.25) is 29.6 Å². The van der Waals surface area contributed by atoms with Crippen molar-refractivity contribution < 1.29 is 57.4 Å². The van der Waals surface area contributed by atoms with Crippen molar-refractivity contribution in [2.24, 2.45) is 0 Å². The number of carbonyl (C=O) groups excluding carboxylic acids is 1. The molecule has 5 aromatic heterocycles. The van der Waals surface area contributed by atoms with Gasteiger partial charge in [-0.2, -0.15) is 0 Å². The molecule has 18 rings (SSSR count). The van der Waals surface area contributed by atoms with Crippen LogP contribution in [0, 0.1) is 0 Å². The average Bonchev–Trinajstić information content (AvgIpc) is 1.41. The summed E-state index contributed by atoms with van der Waals surface area (Å²) in [5.74, 6) is 5.85. The van der Waals surface area contributed by atoms with Crippen LogP contribution >= 0.6 is 0 Å². The number of oxazole rings is 1. The molecule has 0 unspecified atom stereocenters. The van der Waals surface area contributed by atoms with Crippen LogP contribution in [0.4, 0.5) is 0 Å². The Morgan fingerprint density at radius 2 is 0.762 bits per heavy atom.